The van der Waals surface area contributed by atoms with Crippen LogP contribution in [0.1, 0.15) is 30.2 Å². The number of benzene rings is 1. The molecule has 0 fully saturated rings. The van der Waals surface area contributed by atoms with E-state index in [4.69, 9.17) is 0 Å². The van der Waals surface area contributed by atoms with Gasteiger partial charge in [0.1, 0.15) is 0 Å². The lowest BCUT2D eigenvalue weighted by atomic mass is 10.0. The fourth-order valence-corrected chi connectivity index (χ4v) is 2.21. The molecule has 0 aliphatic heterocycles. The van der Waals surface area contributed by atoms with E-state index in [0.717, 1.165) is 26.1 Å². The van der Waals surface area contributed by atoms with Crippen LogP contribution in [-0.4, -0.2) is 22.9 Å². The Balaban J connectivity index is 2.02. The number of rotatable bonds is 7. The Morgan fingerprint density at radius 2 is 1.89 bits per heavy atom. The van der Waals surface area contributed by atoms with Crippen molar-refractivity contribution in [2.45, 2.75) is 33.2 Å². The molecular weight excluding hydrogens is 234 g/mol. The van der Waals surface area contributed by atoms with Crippen LogP contribution in [0.4, 0.5) is 0 Å². The van der Waals surface area contributed by atoms with Crippen molar-refractivity contribution in [1.82, 2.24) is 15.1 Å². The second kappa shape index (κ2) is 7.10. The minimum absolute atomic E-state index is 0.864. The van der Waals surface area contributed by atoms with E-state index in [1.807, 2.05) is 12.3 Å². The summed E-state index contributed by atoms with van der Waals surface area (Å²) in [5.41, 5.74) is 3.99. The van der Waals surface area contributed by atoms with Gasteiger partial charge in [0.15, 0.2) is 0 Å². The van der Waals surface area contributed by atoms with Gasteiger partial charge in [0.05, 0.1) is 6.54 Å². The zero-order valence-corrected chi connectivity index (χ0v) is 11.9. The molecule has 2 rings (SSSR count). The molecule has 1 aromatic carbocycles. The third kappa shape index (κ3) is 3.93. The summed E-state index contributed by atoms with van der Waals surface area (Å²) in [7, 11) is 0. The van der Waals surface area contributed by atoms with Crippen molar-refractivity contribution in [1.29, 1.82) is 0 Å². The maximum atomic E-state index is 4.36. The van der Waals surface area contributed by atoms with E-state index in [1.165, 1.54) is 23.2 Å². The molecule has 1 N–H and O–H groups in total. The number of aromatic nitrogens is 2. The average molecular weight is 257 g/mol. The van der Waals surface area contributed by atoms with Crippen molar-refractivity contribution < 1.29 is 0 Å². The van der Waals surface area contributed by atoms with Crippen LogP contribution < -0.4 is 5.32 Å². The van der Waals surface area contributed by atoms with Crippen LogP contribution in [-0.2, 0) is 13.0 Å². The molecule has 0 saturated carbocycles. The summed E-state index contributed by atoms with van der Waals surface area (Å²) in [4.78, 5) is 0. The van der Waals surface area contributed by atoms with E-state index in [-0.39, 0.29) is 0 Å². The standard InChI is InChI=1S/C16H23N3/c1-3-10-17-11-9-15-6-4-5-7-16(15)13-19-14(2)8-12-18-19/h4-8,12,17H,3,9-11,13H2,1-2H3. The second-order valence-electron chi connectivity index (χ2n) is 4.90. The molecule has 102 valence electrons. The molecule has 19 heavy (non-hydrogen) atoms. The van der Waals surface area contributed by atoms with Crippen LogP contribution in [0.25, 0.3) is 0 Å². The summed E-state index contributed by atoms with van der Waals surface area (Å²) in [5.74, 6) is 0. The minimum atomic E-state index is 0.864. The Morgan fingerprint density at radius 3 is 2.58 bits per heavy atom. The van der Waals surface area contributed by atoms with Gasteiger partial charge in [0.25, 0.3) is 0 Å². The van der Waals surface area contributed by atoms with Crippen molar-refractivity contribution in [3.8, 4) is 0 Å². The summed E-state index contributed by atoms with van der Waals surface area (Å²) in [6.07, 6.45) is 4.13. The number of nitrogens with one attached hydrogen (secondary N) is 1. The number of hydrogen-bond donors (Lipinski definition) is 1. The summed E-state index contributed by atoms with van der Waals surface area (Å²) >= 11 is 0. The van der Waals surface area contributed by atoms with Crippen LogP contribution in [0.2, 0.25) is 0 Å². The van der Waals surface area contributed by atoms with Gasteiger partial charge in [-0.25, -0.2) is 0 Å². The molecule has 0 atom stereocenters. The zero-order chi connectivity index (χ0) is 13.5. The van der Waals surface area contributed by atoms with Crippen LogP contribution in [0.3, 0.4) is 0 Å². The molecule has 3 nitrogen and oxygen atoms in total. The maximum Gasteiger partial charge on any atom is 0.0665 e. The fraction of sp³-hybridized carbons (Fsp3) is 0.438. The molecule has 0 unspecified atom stereocenters. The monoisotopic (exact) mass is 257 g/mol. The van der Waals surface area contributed by atoms with Crippen molar-refractivity contribution >= 4 is 0 Å². The molecule has 0 saturated heterocycles. The van der Waals surface area contributed by atoms with Crippen molar-refractivity contribution in [2.24, 2.45) is 0 Å². The summed E-state index contributed by atoms with van der Waals surface area (Å²) in [5, 5.41) is 7.82. The van der Waals surface area contributed by atoms with E-state index in [0.29, 0.717) is 0 Å². The SMILES string of the molecule is CCCNCCc1ccccc1Cn1nccc1C. The molecular formula is C16H23N3. The average Bonchev–Trinajstić information content (AvgIpc) is 2.82. The molecule has 0 bridgehead atoms. The predicted molar refractivity (Wildman–Crippen MR) is 79.4 cm³/mol. The quantitative estimate of drug-likeness (QED) is 0.773. The van der Waals surface area contributed by atoms with Gasteiger partial charge in [-0.2, -0.15) is 5.10 Å². The highest BCUT2D eigenvalue weighted by Crippen LogP contribution is 2.12. The molecule has 2 aromatic rings. The Hall–Kier alpha value is -1.61. The Bertz CT molecular complexity index is 502. The number of hydrogen-bond acceptors (Lipinski definition) is 2. The van der Waals surface area contributed by atoms with Gasteiger partial charge < -0.3 is 5.32 Å². The highest BCUT2D eigenvalue weighted by molar-refractivity contribution is 5.28. The van der Waals surface area contributed by atoms with Crippen molar-refractivity contribution in [3.05, 3.63) is 53.3 Å². The van der Waals surface area contributed by atoms with Crippen molar-refractivity contribution in [3.63, 3.8) is 0 Å². The van der Waals surface area contributed by atoms with Gasteiger partial charge in [-0.05, 0) is 50.0 Å². The van der Waals surface area contributed by atoms with Crippen LogP contribution in [0.15, 0.2) is 36.5 Å². The molecule has 0 amide bonds. The minimum Gasteiger partial charge on any atom is -0.316 e. The van der Waals surface area contributed by atoms with Gasteiger partial charge in [-0.15, -0.1) is 0 Å². The van der Waals surface area contributed by atoms with E-state index in [9.17, 15) is 0 Å². The van der Waals surface area contributed by atoms with E-state index < -0.39 is 0 Å². The van der Waals surface area contributed by atoms with Crippen LogP contribution >= 0.6 is 0 Å². The van der Waals surface area contributed by atoms with E-state index in [1.54, 1.807) is 0 Å². The highest BCUT2D eigenvalue weighted by atomic mass is 15.3. The Morgan fingerprint density at radius 1 is 1.11 bits per heavy atom. The van der Waals surface area contributed by atoms with Gasteiger partial charge in [-0.1, -0.05) is 31.2 Å². The molecule has 1 aromatic heterocycles. The Kier molecular flexibility index (Phi) is 5.16. The second-order valence-corrected chi connectivity index (χ2v) is 4.90. The van der Waals surface area contributed by atoms with Crippen LogP contribution in [0.5, 0.6) is 0 Å². The Labute approximate surface area is 115 Å². The molecule has 3 heteroatoms. The fourth-order valence-electron chi connectivity index (χ4n) is 2.21. The molecule has 0 aliphatic carbocycles. The molecule has 0 aliphatic rings. The summed E-state index contributed by atoms with van der Waals surface area (Å²) < 4.78 is 2.05. The first kappa shape index (κ1) is 13.8. The molecule has 1 heterocycles. The zero-order valence-electron chi connectivity index (χ0n) is 11.9. The third-order valence-electron chi connectivity index (χ3n) is 3.37. The van der Waals surface area contributed by atoms with E-state index in [2.05, 4.69) is 53.2 Å². The highest BCUT2D eigenvalue weighted by Gasteiger charge is 2.04. The van der Waals surface area contributed by atoms with Gasteiger partial charge in [-0.3, -0.25) is 4.68 Å². The van der Waals surface area contributed by atoms with Crippen LogP contribution in [0, 0.1) is 6.92 Å². The predicted octanol–water partition coefficient (Wildman–Crippen LogP) is 2.78. The lowest BCUT2D eigenvalue weighted by Crippen LogP contribution is -2.18. The first-order chi connectivity index (χ1) is 9.31. The smallest absolute Gasteiger partial charge is 0.0665 e. The van der Waals surface area contributed by atoms with Gasteiger partial charge >= 0.3 is 0 Å². The van der Waals surface area contributed by atoms with Gasteiger partial charge in [0, 0.05) is 11.9 Å². The molecule has 0 radical (unpaired) electrons. The lowest BCUT2D eigenvalue weighted by Gasteiger charge is -2.11. The summed E-state index contributed by atoms with van der Waals surface area (Å²) in [6.45, 7) is 7.30. The topological polar surface area (TPSA) is 29.9 Å². The van der Waals surface area contributed by atoms with E-state index >= 15 is 0 Å². The first-order valence-corrected chi connectivity index (χ1v) is 7.07. The normalized spacial score (nSPS) is 10.8. The third-order valence-corrected chi connectivity index (χ3v) is 3.37. The molecule has 0 spiro atoms. The largest absolute Gasteiger partial charge is 0.316 e. The van der Waals surface area contributed by atoms with Crippen molar-refractivity contribution in [2.75, 3.05) is 13.1 Å². The maximum absolute atomic E-state index is 4.36. The van der Waals surface area contributed by atoms with Gasteiger partial charge in [0.2, 0.25) is 0 Å². The first-order valence-electron chi connectivity index (χ1n) is 7.07. The lowest BCUT2D eigenvalue weighted by molar-refractivity contribution is 0.646. The number of aryl methyl sites for hydroxylation is 1. The summed E-state index contributed by atoms with van der Waals surface area (Å²) in [6, 6.07) is 10.7. The number of nitrogens with zero attached hydrogens (tertiary/aromatic N) is 2.